The van der Waals surface area contributed by atoms with E-state index in [1.807, 2.05) is 13.8 Å². The van der Waals surface area contributed by atoms with E-state index in [1.165, 1.54) is 17.4 Å². The molecule has 1 rings (SSSR count). The molecule has 0 unspecified atom stereocenters. The normalized spacial score (nSPS) is 14.6. The topological polar surface area (TPSA) is 99.5 Å². The lowest BCUT2D eigenvalue weighted by molar-refractivity contribution is -0.141. The Kier molecular flexibility index (Phi) is 6.33. The second-order valence-corrected chi connectivity index (χ2v) is 5.40. The van der Waals surface area contributed by atoms with Gasteiger partial charge in [0.2, 0.25) is 0 Å². The smallest absolute Gasteiger partial charge is 0.324 e. The van der Waals surface area contributed by atoms with Gasteiger partial charge in [-0.25, -0.2) is 4.98 Å². The second kappa shape index (κ2) is 7.76. The number of hydrogen-bond donors (Lipinski definition) is 3. The highest BCUT2D eigenvalue weighted by Crippen LogP contribution is 2.06. The van der Waals surface area contributed by atoms with Gasteiger partial charge in [0.15, 0.2) is 0 Å². The fraction of sp³-hybridized carbons (Fsp3) is 0.462. The van der Waals surface area contributed by atoms with E-state index in [2.05, 4.69) is 10.3 Å². The largest absolute Gasteiger partial charge is 0.480 e. The van der Waals surface area contributed by atoms with E-state index in [4.69, 9.17) is 5.11 Å². The molecule has 0 amide bonds. The molecule has 0 aromatic carbocycles. The Hall–Kier alpha value is -1.73. The molecule has 3 N–H and O–H groups in total. The Bertz CT molecular complexity index is 471. The molecular weight excluding hydrogens is 280 g/mol. The first kappa shape index (κ1) is 16.3. The van der Waals surface area contributed by atoms with Gasteiger partial charge in [-0.15, -0.1) is 11.3 Å². The van der Waals surface area contributed by atoms with Crippen molar-refractivity contribution in [2.45, 2.75) is 32.4 Å². The highest BCUT2D eigenvalue weighted by atomic mass is 32.1. The number of hydrogen-bond acceptors (Lipinski definition) is 5. The minimum atomic E-state index is -1.11. The first-order valence-electron chi connectivity index (χ1n) is 6.17. The zero-order chi connectivity index (χ0) is 15.1. The number of carbonyl (C=O) groups is 2. The van der Waals surface area contributed by atoms with Gasteiger partial charge in [0, 0.05) is 11.8 Å². The molecular formula is C13H18N2O4S. The number of thiazole rings is 1. The Balaban J connectivity index is 2.75. The lowest BCUT2D eigenvalue weighted by Crippen LogP contribution is -2.47. The van der Waals surface area contributed by atoms with Crippen molar-refractivity contribution in [2.24, 2.45) is 5.92 Å². The van der Waals surface area contributed by atoms with Crippen LogP contribution in [-0.2, 0) is 16.0 Å². The summed E-state index contributed by atoms with van der Waals surface area (Å²) >= 11 is 1.37. The number of carboxylic acids is 2. The molecule has 0 bridgehead atoms. The van der Waals surface area contributed by atoms with Crippen molar-refractivity contribution in [1.82, 2.24) is 10.3 Å². The molecule has 0 spiro atoms. The SMILES string of the molecule is CC(C)/C=C/[C@@H](N[C@H](Cc1cscn1)C(=O)O)C(=O)O. The summed E-state index contributed by atoms with van der Waals surface area (Å²) in [7, 11) is 0. The monoisotopic (exact) mass is 298 g/mol. The standard InChI is InChI=1S/C13H18N2O4S/c1-8(2)3-4-10(12(16)17)15-11(13(18)19)5-9-6-20-7-14-9/h3-4,6-8,10-11,15H,5H2,1-2H3,(H,16,17)(H,18,19)/b4-3+/t10-,11-/m1/s1. The van der Waals surface area contributed by atoms with Crippen LogP contribution in [0.2, 0.25) is 0 Å². The van der Waals surface area contributed by atoms with Gasteiger partial charge in [0.1, 0.15) is 12.1 Å². The first-order valence-corrected chi connectivity index (χ1v) is 7.11. The Morgan fingerprint density at radius 2 is 2.05 bits per heavy atom. The zero-order valence-electron chi connectivity index (χ0n) is 11.3. The summed E-state index contributed by atoms with van der Waals surface area (Å²) in [5.74, 6) is -2.01. The summed E-state index contributed by atoms with van der Waals surface area (Å²) in [4.78, 5) is 26.4. The minimum Gasteiger partial charge on any atom is -0.480 e. The van der Waals surface area contributed by atoms with Gasteiger partial charge < -0.3 is 10.2 Å². The quantitative estimate of drug-likeness (QED) is 0.627. The molecule has 0 aliphatic rings. The van der Waals surface area contributed by atoms with Crippen LogP contribution in [0.4, 0.5) is 0 Å². The summed E-state index contributed by atoms with van der Waals surface area (Å²) < 4.78 is 0. The van der Waals surface area contributed by atoms with Gasteiger partial charge in [-0.05, 0) is 5.92 Å². The maximum atomic E-state index is 11.2. The highest BCUT2D eigenvalue weighted by molar-refractivity contribution is 7.07. The fourth-order valence-electron chi connectivity index (χ4n) is 1.52. The molecule has 1 aromatic rings. The zero-order valence-corrected chi connectivity index (χ0v) is 12.1. The van der Waals surface area contributed by atoms with E-state index in [0.717, 1.165) is 0 Å². The third-order valence-electron chi connectivity index (χ3n) is 2.53. The molecule has 2 atom stereocenters. The van der Waals surface area contributed by atoms with Gasteiger partial charge in [0.05, 0.1) is 11.2 Å². The van der Waals surface area contributed by atoms with Gasteiger partial charge >= 0.3 is 11.9 Å². The van der Waals surface area contributed by atoms with Crippen LogP contribution in [0.5, 0.6) is 0 Å². The predicted molar refractivity (Wildman–Crippen MR) is 75.8 cm³/mol. The van der Waals surface area contributed by atoms with Crippen LogP contribution in [0.1, 0.15) is 19.5 Å². The first-order chi connectivity index (χ1) is 9.40. The maximum absolute atomic E-state index is 11.2. The van der Waals surface area contributed by atoms with E-state index in [-0.39, 0.29) is 12.3 Å². The van der Waals surface area contributed by atoms with Crippen LogP contribution in [0.15, 0.2) is 23.0 Å². The van der Waals surface area contributed by atoms with Gasteiger partial charge in [-0.3, -0.25) is 14.9 Å². The molecule has 6 nitrogen and oxygen atoms in total. The molecule has 1 heterocycles. The minimum absolute atomic E-state index is 0.151. The third kappa shape index (κ3) is 5.50. The van der Waals surface area contributed by atoms with Crippen molar-refractivity contribution in [3.63, 3.8) is 0 Å². The predicted octanol–water partition coefficient (Wildman–Crippen LogP) is 1.39. The number of allylic oxidation sites excluding steroid dienone is 1. The van der Waals surface area contributed by atoms with E-state index >= 15 is 0 Å². The van der Waals surface area contributed by atoms with Crippen molar-refractivity contribution in [2.75, 3.05) is 0 Å². The van der Waals surface area contributed by atoms with Crippen molar-refractivity contribution < 1.29 is 19.8 Å². The van der Waals surface area contributed by atoms with Gasteiger partial charge in [-0.2, -0.15) is 0 Å². The molecule has 20 heavy (non-hydrogen) atoms. The van der Waals surface area contributed by atoms with Crippen molar-refractivity contribution in [1.29, 1.82) is 0 Å². The van der Waals surface area contributed by atoms with E-state index in [1.54, 1.807) is 17.0 Å². The molecule has 0 saturated heterocycles. The van der Waals surface area contributed by atoms with Crippen molar-refractivity contribution in [3.8, 4) is 0 Å². The number of carboxylic acid groups (broad SMARTS) is 2. The number of rotatable bonds is 8. The number of aliphatic carboxylic acids is 2. The van der Waals surface area contributed by atoms with Crippen molar-refractivity contribution in [3.05, 3.63) is 28.7 Å². The van der Waals surface area contributed by atoms with Crippen LogP contribution in [0.3, 0.4) is 0 Å². The van der Waals surface area contributed by atoms with Gasteiger partial charge in [0.25, 0.3) is 0 Å². The number of nitrogens with zero attached hydrogens (tertiary/aromatic N) is 1. The van der Waals surface area contributed by atoms with Crippen LogP contribution >= 0.6 is 11.3 Å². The summed E-state index contributed by atoms with van der Waals surface area (Å²) in [6.45, 7) is 3.83. The second-order valence-electron chi connectivity index (χ2n) is 4.69. The Labute approximate surface area is 121 Å². The molecule has 0 radical (unpaired) electrons. The van der Waals surface area contributed by atoms with Crippen molar-refractivity contribution >= 4 is 23.3 Å². The average molecular weight is 298 g/mol. The summed E-state index contributed by atoms with van der Waals surface area (Å²) in [6, 6.07) is -2.02. The molecule has 7 heteroatoms. The lowest BCUT2D eigenvalue weighted by Gasteiger charge is -2.17. The summed E-state index contributed by atoms with van der Waals surface area (Å²) in [6.07, 6.45) is 3.36. The van der Waals surface area contributed by atoms with Crippen LogP contribution in [0.25, 0.3) is 0 Å². The average Bonchev–Trinajstić information content (AvgIpc) is 2.84. The maximum Gasteiger partial charge on any atom is 0.324 e. The van der Waals surface area contributed by atoms with Crippen LogP contribution in [0, 0.1) is 5.92 Å². The molecule has 0 saturated carbocycles. The fourth-order valence-corrected chi connectivity index (χ4v) is 2.10. The number of aromatic nitrogens is 1. The third-order valence-corrected chi connectivity index (χ3v) is 3.17. The van der Waals surface area contributed by atoms with Crippen LogP contribution in [-0.4, -0.2) is 39.2 Å². The molecule has 110 valence electrons. The number of nitrogens with one attached hydrogen (secondary N) is 1. The van der Waals surface area contributed by atoms with E-state index in [9.17, 15) is 14.7 Å². The van der Waals surface area contributed by atoms with E-state index in [0.29, 0.717) is 5.69 Å². The molecule has 0 aliphatic heterocycles. The summed E-state index contributed by atoms with van der Waals surface area (Å²) in [5, 5.41) is 22.7. The Morgan fingerprint density at radius 3 is 2.50 bits per heavy atom. The van der Waals surface area contributed by atoms with Crippen LogP contribution < -0.4 is 5.32 Å². The molecule has 0 fully saturated rings. The molecule has 0 aliphatic carbocycles. The summed E-state index contributed by atoms with van der Waals surface area (Å²) in [5.41, 5.74) is 2.24. The van der Waals surface area contributed by atoms with Gasteiger partial charge in [-0.1, -0.05) is 26.0 Å². The molecule has 1 aromatic heterocycles. The van der Waals surface area contributed by atoms with E-state index < -0.39 is 24.0 Å². The Morgan fingerprint density at radius 1 is 1.35 bits per heavy atom. The highest BCUT2D eigenvalue weighted by Gasteiger charge is 2.25. The lowest BCUT2D eigenvalue weighted by atomic mass is 10.1.